The predicted molar refractivity (Wildman–Crippen MR) is 240 cm³/mol. The summed E-state index contributed by atoms with van der Waals surface area (Å²) in [5, 5.41) is 28.0. The van der Waals surface area contributed by atoms with Gasteiger partial charge in [0.2, 0.25) is 5.56 Å². The number of rotatable bonds is 18. The van der Waals surface area contributed by atoms with Gasteiger partial charge in [-0.05, 0) is 96.6 Å². The number of hydrogen-bond acceptors (Lipinski definition) is 12. The van der Waals surface area contributed by atoms with Crippen LogP contribution >= 0.6 is 0 Å². The molecule has 3 saturated heterocycles. The molecule has 0 saturated carbocycles. The number of benzene rings is 5. The summed E-state index contributed by atoms with van der Waals surface area (Å²) >= 11 is 0. The Hall–Kier alpha value is -6.87. The fraction of sp³-hybridized carbons (Fsp3) is 0.300. The second kappa shape index (κ2) is 20.5. The highest BCUT2D eigenvalue weighted by molar-refractivity contribution is 5.89. The maximum absolute atomic E-state index is 13.2. The molecule has 5 N–H and O–H groups in total. The van der Waals surface area contributed by atoms with Gasteiger partial charge in [0, 0.05) is 42.7 Å². The van der Waals surface area contributed by atoms with E-state index in [9.17, 15) is 24.6 Å². The molecule has 14 nitrogen and oxygen atoms in total. The highest BCUT2D eigenvalue weighted by Gasteiger charge is 2.37. The lowest BCUT2D eigenvalue weighted by molar-refractivity contribution is -0.0336. The Labute approximate surface area is 370 Å². The molecule has 332 valence electrons. The number of H-pyrrole nitrogens is 1. The van der Waals surface area contributed by atoms with Gasteiger partial charge in [-0.3, -0.25) is 9.69 Å². The van der Waals surface area contributed by atoms with Crippen LogP contribution in [0.15, 0.2) is 126 Å². The van der Waals surface area contributed by atoms with Gasteiger partial charge in [-0.15, -0.1) is 0 Å². The van der Waals surface area contributed by atoms with Crippen LogP contribution < -0.4 is 30.4 Å². The van der Waals surface area contributed by atoms with Crippen molar-refractivity contribution in [2.75, 3.05) is 46.5 Å². The van der Waals surface area contributed by atoms with Crippen LogP contribution in [-0.2, 0) is 22.6 Å². The molecule has 1 unspecified atom stereocenters. The number of fused-ring (bicyclic) bond motifs is 4. The number of aliphatic hydroxyl groups excluding tert-OH is 1. The number of aromatic nitrogens is 1. The van der Waals surface area contributed by atoms with Gasteiger partial charge in [-0.25, -0.2) is 9.59 Å². The van der Waals surface area contributed by atoms with Crippen molar-refractivity contribution in [2.24, 2.45) is 5.92 Å². The first-order chi connectivity index (χ1) is 31.2. The summed E-state index contributed by atoms with van der Waals surface area (Å²) in [6.45, 7) is 3.93. The largest absolute Gasteiger partial charge is 0.506 e. The standard InChI is InChI=1S/C50H52N4O10/c1-60-44-27-39(15-14-37(44)28-51-29-43(56)40-16-18-42(55)48-41(40)17-19-46(57)52-48)61-24-25-62-49(58)35-12-10-32(11-13-35)31-63-38-9-5-8-36(26-38)47(34-6-3-2-4-7-34)53-50(59)64-45-30-54-22-20-33(45)21-23-54/h2-19,26-27,33,43,45,47,51,55-56H,20-25,28-31H2,1H3,(H,52,57)(H,53,59)/t43-,45+,47?/m1/s1. The van der Waals surface area contributed by atoms with Crippen molar-refractivity contribution in [1.82, 2.24) is 20.5 Å². The van der Waals surface area contributed by atoms with E-state index in [1.165, 1.54) is 12.1 Å². The number of nitrogens with one attached hydrogen (secondary N) is 3. The minimum absolute atomic E-state index is 0.0274. The summed E-state index contributed by atoms with van der Waals surface area (Å²) in [7, 11) is 1.55. The lowest BCUT2D eigenvalue weighted by Gasteiger charge is -2.43. The molecule has 0 spiro atoms. The molecular weight excluding hydrogens is 817 g/mol. The molecule has 6 aromatic rings. The first-order valence-electron chi connectivity index (χ1n) is 21.5. The number of carbonyl (C=O) groups is 2. The van der Waals surface area contributed by atoms with E-state index in [-0.39, 0.29) is 49.3 Å². The molecule has 3 aliphatic heterocycles. The van der Waals surface area contributed by atoms with Crippen LogP contribution in [0.4, 0.5) is 4.79 Å². The number of piperidine rings is 3. The molecule has 4 heterocycles. The second-order valence-corrected chi connectivity index (χ2v) is 16.0. The Morgan fingerprint density at radius 1 is 0.844 bits per heavy atom. The number of alkyl carbamates (subject to hydrolysis) is 1. The molecule has 0 radical (unpaired) electrons. The number of aromatic hydroxyl groups is 1. The Bertz CT molecular complexity index is 2590. The van der Waals surface area contributed by atoms with Crippen LogP contribution in [0.3, 0.4) is 0 Å². The molecule has 5 aromatic carbocycles. The second-order valence-electron chi connectivity index (χ2n) is 16.0. The summed E-state index contributed by atoms with van der Waals surface area (Å²) in [5.74, 6) is 1.60. The number of phenols is 1. The number of nitrogens with zero attached hydrogens (tertiary/aromatic N) is 1. The number of carbonyl (C=O) groups excluding carboxylic acids is 2. The Kier molecular flexibility index (Phi) is 14.0. The van der Waals surface area contributed by atoms with Crippen LogP contribution in [0.5, 0.6) is 23.0 Å². The molecule has 3 fully saturated rings. The van der Waals surface area contributed by atoms with E-state index in [0.717, 1.165) is 54.7 Å². The Balaban J connectivity index is 0.782. The zero-order valence-electron chi connectivity index (χ0n) is 35.5. The molecule has 9 rings (SSSR count). The zero-order chi connectivity index (χ0) is 44.4. The van der Waals surface area contributed by atoms with Gasteiger partial charge in [0.05, 0.1) is 30.3 Å². The van der Waals surface area contributed by atoms with Crippen molar-refractivity contribution in [3.05, 3.63) is 165 Å². The van der Waals surface area contributed by atoms with Crippen LogP contribution in [0.2, 0.25) is 0 Å². The van der Waals surface area contributed by atoms with E-state index >= 15 is 0 Å². The van der Waals surface area contributed by atoms with Gasteiger partial charge >= 0.3 is 12.1 Å². The van der Waals surface area contributed by atoms with Crippen molar-refractivity contribution in [2.45, 2.75) is 44.2 Å². The van der Waals surface area contributed by atoms with Crippen molar-refractivity contribution >= 4 is 23.0 Å². The summed E-state index contributed by atoms with van der Waals surface area (Å²) in [5.41, 5.74) is 4.36. The maximum Gasteiger partial charge on any atom is 0.408 e. The van der Waals surface area contributed by atoms with Gasteiger partial charge in [-0.1, -0.05) is 66.7 Å². The van der Waals surface area contributed by atoms with Gasteiger partial charge in [0.1, 0.15) is 48.9 Å². The van der Waals surface area contributed by atoms with Crippen LogP contribution in [0.1, 0.15) is 63.2 Å². The highest BCUT2D eigenvalue weighted by Crippen LogP contribution is 2.32. The average molecular weight is 869 g/mol. The summed E-state index contributed by atoms with van der Waals surface area (Å²) in [6.07, 6.45) is 0.684. The van der Waals surface area contributed by atoms with Crippen molar-refractivity contribution in [1.29, 1.82) is 0 Å². The maximum atomic E-state index is 13.2. The van der Waals surface area contributed by atoms with Crippen LogP contribution in [0, 0.1) is 5.92 Å². The average Bonchev–Trinajstić information content (AvgIpc) is 3.32. The van der Waals surface area contributed by atoms with Gasteiger partial charge in [0.25, 0.3) is 0 Å². The molecule has 14 heteroatoms. The first-order valence-corrected chi connectivity index (χ1v) is 21.5. The third-order valence-electron chi connectivity index (χ3n) is 11.8. The summed E-state index contributed by atoms with van der Waals surface area (Å²) < 4.78 is 29.0. The lowest BCUT2D eigenvalue weighted by atomic mass is 9.86. The lowest BCUT2D eigenvalue weighted by Crippen LogP contribution is -2.52. The van der Waals surface area contributed by atoms with Gasteiger partial charge < -0.3 is 49.5 Å². The van der Waals surface area contributed by atoms with E-state index in [1.807, 2.05) is 72.8 Å². The van der Waals surface area contributed by atoms with Crippen molar-refractivity contribution < 1.29 is 43.5 Å². The highest BCUT2D eigenvalue weighted by atomic mass is 16.6. The number of aromatic amines is 1. The molecule has 64 heavy (non-hydrogen) atoms. The minimum Gasteiger partial charge on any atom is -0.506 e. The minimum atomic E-state index is -0.908. The number of esters is 1. The van der Waals surface area contributed by atoms with Crippen molar-refractivity contribution in [3.8, 4) is 23.0 Å². The number of pyridine rings is 1. The van der Waals surface area contributed by atoms with E-state index in [2.05, 4.69) is 20.5 Å². The number of methoxy groups -OCH3 is 1. The SMILES string of the molecule is COc1cc(OCCOC(=O)c2ccc(COc3cccc(C(NC(=O)O[C@H]4CN5CCC4CC5)c4ccccc4)c3)cc2)ccc1CNC[C@@H](O)c1ccc(O)c2[nH]c(=O)ccc12. The normalized spacial score (nSPS) is 17.6. The monoisotopic (exact) mass is 868 g/mol. The van der Waals surface area contributed by atoms with Gasteiger partial charge in [-0.2, -0.15) is 0 Å². The third-order valence-corrected chi connectivity index (χ3v) is 11.8. The number of phenolic OH excluding ortho intramolecular Hbond substituents is 1. The predicted octanol–water partition coefficient (Wildman–Crippen LogP) is 6.79. The van der Waals surface area contributed by atoms with Crippen LogP contribution in [0.25, 0.3) is 10.9 Å². The molecule has 2 bridgehead atoms. The van der Waals surface area contributed by atoms with E-state index < -0.39 is 24.2 Å². The fourth-order valence-corrected chi connectivity index (χ4v) is 8.37. The quantitative estimate of drug-likeness (QED) is 0.0452. The molecular formula is C50H52N4O10. The summed E-state index contributed by atoms with van der Waals surface area (Å²) in [6, 6.07) is 35.4. The van der Waals surface area contributed by atoms with E-state index in [4.69, 9.17) is 23.7 Å². The van der Waals surface area contributed by atoms with Crippen molar-refractivity contribution in [3.63, 3.8) is 0 Å². The van der Waals surface area contributed by atoms with Crippen LogP contribution in [-0.4, -0.2) is 84.8 Å². The first kappa shape index (κ1) is 43.8. The number of ether oxygens (including phenoxy) is 5. The smallest absolute Gasteiger partial charge is 0.408 e. The molecule has 0 aliphatic carbocycles. The number of hydrogen-bond donors (Lipinski definition) is 5. The van der Waals surface area contributed by atoms with E-state index in [1.54, 1.807) is 43.5 Å². The molecule has 3 aliphatic rings. The number of aliphatic hydroxyl groups is 1. The Morgan fingerprint density at radius 3 is 2.39 bits per heavy atom. The molecule has 3 atom stereocenters. The third kappa shape index (κ3) is 10.8. The molecule has 1 amide bonds. The topological polar surface area (TPSA) is 181 Å². The fourth-order valence-electron chi connectivity index (χ4n) is 8.37. The number of amides is 1. The van der Waals surface area contributed by atoms with E-state index in [0.29, 0.717) is 46.2 Å². The van der Waals surface area contributed by atoms with Gasteiger partial charge in [0.15, 0.2) is 0 Å². The summed E-state index contributed by atoms with van der Waals surface area (Å²) in [4.78, 5) is 42.8. The zero-order valence-corrected chi connectivity index (χ0v) is 35.5. The Morgan fingerprint density at radius 2 is 1.62 bits per heavy atom. The molecule has 1 aromatic heterocycles.